The number of hydrogen-bond acceptors (Lipinski definition) is 3. The Bertz CT molecular complexity index is 252. The summed E-state index contributed by atoms with van der Waals surface area (Å²) >= 11 is 5.51. The van der Waals surface area contributed by atoms with E-state index in [-0.39, 0.29) is 0 Å². The van der Waals surface area contributed by atoms with Gasteiger partial charge in [0.2, 0.25) is 5.91 Å². The van der Waals surface area contributed by atoms with Gasteiger partial charge in [-0.05, 0) is 25.7 Å². The molecule has 0 aromatic rings. The third kappa shape index (κ3) is 4.81. The van der Waals surface area contributed by atoms with E-state index < -0.39 is 17.3 Å². The van der Waals surface area contributed by atoms with Gasteiger partial charge in [-0.15, -0.1) is 11.6 Å². The Morgan fingerprint density at radius 3 is 2.62 bits per heavy atom. The number of carbonyl (C=O) groups excluding carboxylic acids is 2. The first-order chi connectivity index (χ1) is 7.59. The molecule has 0 spiro atoms. The molecule has 0 saturated carbocycles. The lowest BCUT2D eigenvalue weighted by Crippen LogP contribution is -2.44. The Balaban J connectivity index is 2.16. The summed E-state index contributed by atoms with van der Waals surface area (Å²) in [6.07, 6.45) is 1.89. The Hall–Kier alpha value is -0.810. The summed E-state index contributed by atoms with van der Waals surface area (Å²) in [7, 11) is 0. The standard InChI is InChI=1S/C10H17ClN2O3/c1-7(11)9(14)13-10(15)12-6-8-2-4-16-5-3-8/h7-8H,2-6H2,1H3,(H2,12,13,14,15). The molecule has 6 heteroatoms. The molecule has 2 N–H and O–H groups in total. The lowest BCUT2D eigenvalue weighted by Gasteiger charge is -2.22. The quantitative estimate of drug-likeness (QED) is 0.729. The predicted octanol–water partition coefficient (Wildman–Crippen LogP) is 0.866. The second-order valence-electron chi connectivity index (χ2n) is 3.87. The van der Waals surface area contributed by atoms with E-state index in [9.17, 15) is 9.59 Å². The predicted molar refractivity (Wildman–Crippen MR) is 60.4 cm³/mol. The molecule has 1 unspecified atom stereocenters. The molecule has 0 aromatic heterocycles. The van der Waals surface area contributed by atoms with Gasteiger partial charge in [0.15, 0.2) is 0 Å². The smallest absolute Gasteiger partial charge is 0.321 e. The van der Waals surface area contributed by atoms with E-state index in [2.05, 4.69) is 10.6 Å². The molecule has 1 rings (SSSR count). The average Bonchev–Trinajstić information content (AvgIpc) is 2.27. The van der Waals surface area contributed by atoms with Crippen LogP contribution in [0.5, 0.6) is 0 Å². The fourth-order valence-corrected chi connectivity index (χ4v) is 1.50. The maximum Gasteiger partial charge on any atom is 0.321 e. The van der Waals surface area contributed by atoms with Gasteiger partial charge < -0.3 is 10.1 Å². The monoisotopic (exact) mass is 248 g/mol. The highest BCUT2D eigenvalue weighted by atomic mass is 35.5. The van der Waals surface area contributed by atoms with Crippen molar-refractivity contribution < 1.29 is 14.3 Å². The normalized spacial score (nSPS) is 18.9. The zero-order chi connectivity index (χ0) is 12.0. The van der Waals surface area contributed by atoms with Crippen LogP contribution in [-0.2, 0) is 9.53 Å². The molecule has 0 bridgehead atoms. The highest BCUT2D eigenvalue weighted by Crippen LogP contribution is 2.12. The molecule has 1 atom stereocenters. The van der Waals surface area contributed by atoms with Crippen molar-refractivity contribution in [2.75, 3.05) is 19.8 Å². The molecule has 1 saturated heterocycles. The van der Waals surface area contributed by atoms with Crippen molar-refractivity contribution in [2.45, 2.75) is 25.1 Å². The molecule has 16 heavy (non-hydrogen) atoms. The van der Waals surface area contributed by atoms with Crippen LogP contribution in [0.15, 0.2) is 0 Å². The first kappa shape index (κ1) is 13.3. The summed E-state index contributed by atoms with van der Waals surface area (Å²) in [6.45, 7) is 3.57. The largest absolute Gasteiger partial charge is 0.381 e. The Labute approximate surface area is 99.9 Å². The molecule has 1 aliphatic heterocycles. The number of urea groups is 1. The van der Waals surface area contributed by atoms with Crippen LogP contribution in [-0.4, -0.2) is 37.1 Å². The topological polar surface area (TPSA) is 67.4 Å². The number of carbonyl (C=O) groups is 2. The molecule has 0 aromatic carbocycles. The summed E-state index contributed by atoms with van der Waals surface area (Å²) < 4.78 is 5.20. The van der Waals surface area contributed by atoms with Crippen molar-refractivity contribution in [3.63, 3.8) is 0 Å². The van der Waals surface area contributed by atoms with Crippen LogP contribution in [0.2, 0.25) is 0 Å². The second kappa shape index (κ2) is 6.70. The van der Waals surface area contributed by atoms with Crippen LogP contribution in [0.4, 0.5) is 4.79 Å². The van der Waals surface area contributed by atoms with Gasteiger partial charge in [-0.1, -0.05) is 0 Å². The third-order valence-electron chi connectivity index (χ3n) is 2.49. The highest BCUT2D eigenvalue weighted by Gasteiger charge is 2.16. The van der Waals surface area contributed by atoms with Gasteiger partial charge >= 0.3 is 6.03 Å². The van der Waals surface area contributed by atoms with Crippen LogP contribution < -0.4 is 10.6 Å². The van der Waals surface area contributed by atoms with Crippen LogP contribution in [0.1, 0.15) is 19.8 Å². The van der Waals surface area contributed by atoms with Crippen LogP contribution in [0.25, 0.3) is 0 Å². The second-order valence-corrected chi connectivity index (χ2v) is 4.53. The first-order valence-corrected chi connectivity index (χ1v) is 5.83. The van der Waals surface area contributed by atoms with Crippen molar-refractivity contribution in [1.29, 1.82) is 0 Å². The molecule has 0 radical (unpaired) electrons. The first-order valence-electron chi connectivity index (χ1n) is 5.40. The van der Waals surface area contributed by atoms with Crippen LogP contribution in [0.3, 0.4) is 0 Å². The van der Waals surface area contributed by atoms with Crippen molar-refractivity contribution >= 4 is 23.5 Å². The minimum atomic E-state index is -0.700. The maximum absolute atomic E-state index is 11.3. The fourth-order valence-electron chi connectivity index (χ4n) is 1.44. The molecular weight excluding hydrogens is 232 g/mol. The number of imide groups is 1. The zero-order valence-electron chi connectivity index (χ0n) is 9.29. The molecule has 92 valence electrons. The van der Waals surface area contributed by atoms with Gasteiger partial charge in [-0.2, -0.15) is 0 Å². The van der Waals surface area contributed by atoms with E-state index in [1.54, 1.807) is 0 Å². The number of ether oxygens (including phenoxy) is 1. The van der Waals surface area contributed by atoms with Gasteiger partial charge in [0.05, 0.1) is 0 Å². The molecule has 0 aliphatic carbocycles. The third-order valence-corrected chi connectivity index (χ3v) is 2.69. The van der Waals surface area contributed by atoms with E-state index in [1.165, 1.54) is 6.92 Å². The van der Waals surface area contributed by atoms with E-state index in [1.807, 2.05) is 0 Å². The summed E-state index contributed by atoms with van der Waals surface area (Å²) in [4.78, 5) is 22.3. The average molecular weight is 249 g/mol. The van der Waals surface area contributed by atoms with E-state index >= 15 is 0 Å². The minimum Gasteiger partial charge on any atom is -0.381 e. The summed E-state index contributed by atoms with van der Waals surface area (Å²) in [6, 6.07) is -0.482. The van der Waals surface area contributed by atoms with Crippen molar-refractivity contribution in [3.8, 4) is 0 Å². The van der Waals surface area contributed by atoms with Gasteiger partial charge in [0, 0.05) is 19.8 Å². The number of amides is 3. The molecule has 1 heterocycles. The SMILES string of the molecule is CC(Cl)C(=O)NC(=O)NCC1CCOCC1. The van der Waals surface area contributed by atoms with Crippen molar-refractivity contribution in [1.82, 2.24) is 10.6 Å². The van der Waals surface area contributed by atoms with E-state index in [0.717, 1.165) is 26.1 Å². The zero-order valence-corrected chi connectivity index (χ0v) is 10.0. The van der Waals surface area contributed by atoms with Crippen LogP contribution in [0, 0.1) is 5.92 Å². The molecule has 3 amide bonds. The van der Waals surface area contributed by atoms with E-state index in [0.29, 0.717) is 12.5 Å². The Kier molecular flexibility index (Phi) is 5.55. The van der Waals surface area contributed by atoms with E-state index in [4.69, 9.17) is 16.3 Å². The summed E-state index contributed by atoms with van der Waals surface area (Å²) in [5, 5.41) is 4.12. The maximum atomic E-state index is 11.3. The van der Waals surface area contributed by atoms with Crippen LogP contribution >= 0.6 is 11.6 Å². The molecule has 1 aliphatic rings. The summed E-state index contributed by atoms with van der Waals surface area (Å²) in [5.74, 6) is -0.0471. The number of rotatable bonds is 3. The Morgan fingerprint density at radius 2 is 2.06 bits per heavy atom. The van der Waals surface area contributed by atoms with Gasteiger partial charge in [-0.25, -0.2) is 4.79 Å². The van der Waals surface area contributed by atoms with Crippen molar-refractivity contribution in [3.05, 3.63) is 0 Å². The lowest BCUT2D eigenvalue weighted by molar-refractivity contribution is -0.119. The number of hydrogen-bond donors (Lipinski definition) is 2. The number of nitrogens with one attached hydrogen (secondary N) is 2. The Morgan fingerprint density at radius 1 is 1.44 bits per heavy atom. The van der Waals surface area contributed by atoms with Gasteiger partial charge in [0.25, 0.3) is 0 Å². The molecule has 5 nitrogen and oxygen atoms in total. The minimum absolute atomic E-state index is 0.433. The number of halogens is 1. The summed E-state index contributed by atoms with van der Waals surface area (Å²) in [5.41, 5.74) is 0. The number of alkyl halides is 1. The highest BCUT2D eigenvalue weighted by molar-refractivity contribution is 6.31. The molecular formula is C10H17ClN2O3. The van der Waals surface area contributed by atoms with Crippen molar-refractivity contribution in [2.24, 2.45) is 5.92 Å². The van der Waals surface area contributed by atoms with Gasteiger partial charge in [-0.3, -0.25) is 10.1 Å². The van der Waals surface area contributed by atoms with Gasteiger partial charge in [0.1, 0.15) is 5.38 Å². The molecule has 1 fully saturated rings. The lowest BCUT2D eigenvalue weighted by atomic mass is 10.0. The fraction of sp³-hybridized carbons (Fsp3) is 0.800.